The molecule has 0 fully saturated rings. The van der Waals surface area contributed by atoms with E-state index in [2.05, 4.69) is 20.2 Å². The molecule has 1 aromatic heterocycles. The van der Waals surface area contributed by atoms with Crippen LogP contribution in [0.2, 0.25) is 0 Å². The van der Waals surface area contributed by atoms with Gasteiger partial charge in [0.15, 0.2) is 21.5 Å². The highest BCUT2D eigenvalue weighted by Crippen LogP contribution is 2.32. The zero-order valence-electron chi connectivity index (χ0n) is 14.6. The van der Waals surface area contributed by atoms with Gasteiger partial charge in [0.1, 0.15) is 0 Å². The molecule has 2 heterocycles. The predicted octanol–water partition coefficient (Wildman–Crippen LogP) is 2.25. The second-order valence-corrected chi connectivity index (χ2v) is 8.04. The van der Waals surface area contributed by atoms with Crippen molar-refractivity contribution < 1.29 is 13.2 Å². The fourth-order valence-corrected chi connectivity index (χ4v) is 3.47. The fourth-order valence-electron chi connectivity index (χ4n) is 2.62. The summed E-state index contributed by atoms with van der Waals surface area (Å²) in [7, 11) is -3.49. The molecule has 1 aliphatic heterocycles. The van der Waals surface area contributed by atoms with Crippen molar-refractivity contribution in [3.8, 4) is 11.4 Å². The summed E-state index contributed by atoms with van der Waals surface area (Å²) in [6.07, 6.45) is 1.44. The highest BCUT2D eigenvalue weighted by atomic mass is 32.2. The van der Waals surface area contributed by atoms with Crippen LogP contribution in [-0.4, -0.2) is 35.3 Å². The second kappa shape index (κ2) is 6.38. The van der Waals surface area contributed by atoms with Crippen molar-refractivity contribution in [2.24, 2.45) is 0 Å². The molecule has 0 saturated carbocycles. The second-order valence-electron chi connectivity index (χ2n) is 6.00. The lowest BCUT2D eigenvalue weighted by atomic mass is 10.1. The molecule has 26 heavy (non-hydrogen) atoms. The van der Waals surface area contributed by atoms with Crippen molar-refractivity contribution in [2.75, 3.05) is 11.6 Å². The molecule has 9 heteroatoms. The van der Waals surface area contributed by atoms with Gasteiger partial charge in [-0.25, -0.2) is 18.2 Å². The molecular formula is C17H17N5O3S. The standard InChI is InChI=1S/C17H17N5O3S/c1-5-14(23)19-12-8-11(7-6-10(12)2)16-20-17-15(18-3)13(26(4,24)25)9-22(17)21-16/h6-8H,5,9H2,1-2,4H3,(H,19,23). The number of carbonyl (C=O) groups is 1. The van der Waals surface area contributed by atoms with Crippen LogP contribution in [0.1, 0.15) is 24.7 Å². The van der Waals surface area contributed by atoms with Crippen LogP contribution in [0.5, 0.6) is 0 Å². The van der Waals surface area contributed by atoms with E-state index in [1.54, 1.807) is 13.0 Å². The Labute approximate surface area is 151 Å². The van der Waals surface area contributed by atoms with E-state index in [4.69, 9.17) is 6.57 Å². The van der Waals surface area contributed by atoms with E-state index in [9.17, 15) is 13.2 Å². The highest BCUT2D eigenvalue weighted by Gasteiger charge is 2.31. The molecular weight excluding hydrogens is 354 g/mol. The Kier molecular flexibility index (Phi) is 4.38. The predicted molar refractivity (Wildman–Crippen MR) is 97.5 cm³/mol. The third-order valence-corrected chi connectivity index (χ3v) is 5.31. The Morgan fingerprint density at radius 1 is 1.42 bits per heavy atom. The Balaban J connectivity index is 2.03. The van der Waals surface area contributed by atoms with Crippen LogP contribution in [0.25, 0.3) is 21.9 Å². The van der Waals surface area contributed by atoms with E-state index < -0.39 is 9.84 Å². The van der Waals surface area contributed by atoms with Gasteiger partial charge >= 0.3 is 0 Å². The number of amides is 1. The van der Waals surface area contributed by atoms with Crippen molar-refractivity contribution in [3.05, 3.63) is 45.9 Å². The Morgan fingerprint density at radius 3 is 2.77 bits per heavy atom. The lowest BCUT2D eigenvalue weighted by Crippen LogP contribution is -2.10. The summed E-state index contributed by atoms with van der Waals surface area (Å²) in [6.45, 7) is 10.9. The number of benzene rings is 1. The molecule has 8 nitrogen and oxygen atoms in total. The normalized spacial score (nSPS) is 13.5. The average Bonchev–Trinajstić information content (AvgIpc) is 3.13. The lowest BCUT2D eigenvalue weighted by Gasteiger charge is -2.08. The smallest absolute Gasteiger partial charge is 0.246 e. The zero-order chi connectivity index (χ0) is 19.1. The van der Waals surface area contributed by atoms with E-state index >= 15 is 0 Å². The van der Waals surface area contributed by atoms with Crippen LogP contribution >= 0.6 is 0 Å². The minimum atomic E-state index is -3.49. The zero-order valence-corrected chi connectivity index (χ0v) is 15.4. The van der Waals surface area contributed by atoms with Crippen molar-refractivity contribution in [1.82, 2.24) is 14.8 Å². The molecule has 2 aromatic rings. The summed E-state index contributed by atoms with van der Waals surface area (Å²) < 4.78 is 25.1. The molecule has 1 amide bonds. The number of hydrogen-bond donors (Lipinski definition) is 1. The summed E-state index contributed by atoms with van der Waals surface area (Å²) in [4.78, 5) is 19.4. The molecule has 1 aromatic carbocycles. The maximum absolute atomic E-state index is 11.8. The maximum Gasteiger partial charge on any atom is 0.246 e. The summed E-state index contributed by atoms with van der Waals surface area (Å²) in [5, 5.41) is 7.16. The van der Waals surface area contributed by atoms with E-state index in [1.165, 1.54) is 4.68 Å². The number of nitrogens with one attached hydrogen (secondary N) is 1. The lowest BCUT2D eigenvalue weighted by molar-refractivity contribution is -0.115. The maximum atomic E-state index is 11.8. The van der Waals surface area contributed by atoms with Crippen LogP contribution < -0.4 is 5.32 Å². The summed E-state index contributed by atoms with van der Waals surface area (Å²) in [6, 6.07) is 5.44. The number of fused-ring (bicyclic) bond motifs is 1. The molecule has 1 aliphatic rings. The van der Waals surface area contributed by atoms with Crippen molar-refractivity contribution >= 4 is 27.1 Å². The first-order chi connectivity index (χ1) is 12.2. The summed E-state index contributed by atoms with van der Waals surface area (Å²) >= 11 is 0. The number of anilines is 1. The van der Waals surface area contributed by atoms with Gasteiger partial charge in [-0.15, -0.1) is 0 Å². The van der Waals surface area contributed by atoms with Crippen LogP contribution in [0.4, 0.5) is 5.69 Å². The van der Waals surface area contributed by atoms with Crippen LogP contribution in [-0.2, 0) is 21.2 Å². The van der Waals surface area contributed by atoms with Crippen LogP contribution in [0, 0.1) is 13.5 Å². The van der Waals surface area contributed by atoms with Gasteiger partial charge in [0.05, 0.1) is 18.0 Å². The van der Waals surface area contributed by atoms with Crippen LogP contribution in [0.3, 0.4) is 0 Å². The Hall–Kier alpha value is -2.99. The summed E-state index contributed by atoms with van der Waals surface area (Å²) in [5.41, 5.74) is 2.26. The molecule has 0 spiro atoms. The van der Waals surface area contributed by atoms with Gasteiger partial charge in [0.25, 0.3) is 0 Å². The Morgan fingerprint density at radius 2 is 2.15 bits per heavy atom. The van der Waals surface area contributed by atoms with Gasteiger partial charge in [-0.05, 0) is 18.6 Å². The largest absolute Gasteiger partial charge is 0.326 e. The van der Waals surface area contributed by atoms with E-state index in [-0.39, 0.29) is 28.9 Å². The van der Waals surface area contributed by atoms with Gasteiger partial charge in [0, 0.05) is 23.9 Å². The third kappa shape index (κ3) is 3.11. The number of sulfone groups is 1. The number of allylic oxidation sites excluding steroid dienone is 1. The van der Waals surface area contributed by atoms with Crippen molar-refractivity contribution in [2.45, 2.75) is 26.8 Å². The first-order valence-electron chi connectivity index (χ1n) is 7.91. The van der Waals surface area contributed by atoms with Crippen molar-refractivity contribution in [3.63, 3.8) is 0 Å². The molecule has 0 aliphatic carbocycles. The highest BCUT2D eigenvalue weighted by molar-refractivity contribution is 7.94. The van der Waals surface area contributed by atoms with Gasteiger partial charge in [-0.1, -0.05) is 19.1 Å². The van der Waals surface area contributed by atoms with Crippen molar-refractivity contribution in [1.29, 1.82) is 0 Å². The number of nitrogens with zero attached hydrogens (tertiary/aromatic N) is 4. The van der Waals surface area contributed by atoms with Gasteiger partial charge < -0.3 is 5.32 Å². The third-order valence-electron chi connectivity index (χ3n) is 4.09. The topological polar surface area (TPSA) is 98.3 Å². The quantitative estimate of drug-likeness (QED) is 0.831. The number of aromatic nitrogens is 3. The molecule has 3 rings (SSSR count). The monoisotopic (exact) mass is 371 g/mol. The van der Waals surface area contributed by atoms with Gasteiger partial charge in [0.2, 0.25) is 11.6 Å². The van der Waals surface area contributed by atoms with Crippen LogP contribution in [0.15, 0.2) is 23.1 Å². The SMILES string of the molecule is [C-]#[N+]C1=C(S(C)(=O)=O)Cn2nc(-c3ccc(C)c(NC(=O)CC)c3)nc21. The minimum Gasteiger partial charge on any atom is -0.326 e. The molecule has 0 bridgehead atoms. The van der Waals surface area contributed by atoms with E-state index in [0.29, 0.717) is 23.5 Å². The average molecular weight is 371 g/mol. The first-order valence-corrected chi connectivity index (χ1v) is 9.80. The summed E-state index contributed by atoms with van der Waals surface area (Å²) in [5.74, 6) is 0.525. The number of rotatable bonds is 4. The van der Waals surface area contributed by atoms with E-state index in [0.717, 1.165) is 11.8 Å². The molecule has 0 atom stereocenters. The molecule has 0 radical (unpaired) electrons. The molecule has 1 N–H and O–H groups in total. The fraction of sp³-hybridized carbons (Fsp3) is 0.294. The van der Waals surface area contributed by atoms with Gasteiger partial charge in [-0.2, -0.15) is 5.10 Å². The molecule has 0 saturated heterocycles. The number of carbonyl (C=O) groups excluding carboxylic acids is 1. The first kappa shape index (κ1) is 17.8. The number of aryl methyl sites for hydroxylation is 1. The molecule has 134 valence electrons. The molecule has 0 unspecified atom stereocenters. The Bertz CT molecular complexity index is 1090. The number of hydrogen-bond acceptors (Lipinski definition) is 5. The van der Waals surface area contributed by atoms with Gasteiger partial charge in [-0.3, -0.25) is 9.48 Å². The van der Waals surface area contributed by atoms with E-state index in [1.807, 2.05) is 19.1 Å². The minimum absolute atomic E-state index is 0.00414.